The van der Waals surface area contributed by atoms with Crippen LogP contribution in [0.1, 0.15) is 42.2 Å². The van der Waals surface area contributed by atoms with Gasteiger partial charge in [-0.05, 0) is 12.8 Å². The maximum Gasteiger partial charge on any atom is 0.434 e. The van der Waals surface area contributed by atoms with E-state index in [9.17, 15) is 18.0 Å². The van der Waals surface area contributed by atoms with Crippen molar-refractivity contribution < 1.29 is 18.0 Å². The van der Waals surface area contributed by atoms with Crippen molar-refractivity contribution in [1.29, 1.82) is 0 Å². The molecule has 0 saturated carbocycles. The van der Waals surface area contributed by atoms with Crippen molar-refractivity contribution in [1.82, 2.24) is 15.3 Å². The predicted molar refractivity (Wildman–Crippen MR) is 78.7 cm³/mol. The molecule has 120 valence electrons. The number of alkyl halides is 3. The number of amides is 1. The Morgan fingerprint density at radius 1 is 1.41 bits per heavy atom. The standard InChI is InChI=1S/C13H14F3N3OS2/c1-2-9(12-19-10(6-22-12)13(14,15)16)18-11(20)4-3-8-5-21-7-17-8/h5-7,9H,2-4H2,1H3,(H,18,20)/t9-/m1/s1. The van der Waals surface area contributed by atoms with Gasteiger partial charge in [0, 0.05) is 17.2 Å². The summed E-state index contributed by atoms with van der Waals surface area (Å²) in [4.78, 5) is 19.6. The number of thiazole rings is 2. The first-order valence-electron chi connectivity index (χ1n) is 6.59. The molecule has 0 spiro atoms. The van der Waals surface area contributed by atoms with Gasteiger partial charge in [0.15, 0.2) is 5.69 Å². The third-order valence-electron chi connectivity index (χ3n) is 2.95. The largest absolute Gasteiger partial charge is 0.434 e. The SMILES string of the molecule is CC[C@@H](NC(=O)CCc1cscn1)c1nc(C(F)(F)F)cs1. The van der Waals surface area contributed by atoms with E-state index in [0.717, 1.165) is 22.4 Å². The van der Waals surface area contributed by atoms with Gasteiger partial charge in [0.25, 0.3) is 0 Å². The zero-order valence-electron chi connectivity index (χ0n) is 11.7. The molecule has 2 aromatic rings. The third-order valence-corrected chi connectivity index (χ3v) is 4.54. The van der Waals surface area contributed by atoms with Gasteiger partial charge in [-0.1, -0.05) is 6.92 Å². The first kappa shape index (κ1) is 16.9. The van der Waals surface area contributed by atoms with E-state index in [4.69, 9.17) is 0 Å². The molecule has 0 unspecified atom stereocenters. The number of rotatable bonds is 6. The van der Waals surface area contributed by atoms with Crippen LogP contribution in [-0.2, 0) is 17.4 Å². The van der Waals surface area contributed by atoms with Crippen LogP contribution in [0.2, 0.25) is 0 Å². The predicted octanol–water partition coefficient (Wildman–Crippen LogP) is 3.82. The zero-order valence-corrected chi connectivity index (χ0v) is 13.3. The van der Waals surface area contributed by atoms with Gasteiger partial charge in [-0.15, -0.1) is 22.7 Å². The number of hydrogen-bond acceptors (Lipinski definition) is 5. The van der Waals surface area contributed by atoms with Crippen LogP contribution in [0.4, 0.5) is 13.2 Å². The quantitative estimate of drug-likeness (QED) is 0.863. The minimum absolute atomic E-state index is 0.219. The van der Waals surface area contributed by atoms with E-state index >= 15 is 0 Å². The molecule has 0 saturated heterocycles. The van der Waals surface area contributed by atoms with E-state index in [-0.39, 0.29) is 17.3 Å². The Labute approximate surface area is 133 Å². The highest BCUT2D eigenvalue weighted by Crippen LogP contribution is 2.32. The summed E-state index contributed by atoms with van der Waals surface area (Å²) in [6.45, 7) is 1.79. The lowest BCUT2D eigenvalue weighted by atomic mass is 10.2. The Morgan fingerprint density at radius 3 is 2.73 bits per heavy atom. The Morgan fingerprint density at radius 2 is 2.18 bits per heavy atom. The van der Waals surface area contributed by atoms with Gasteiger partial charge in [-0.3, -0.25) is 4.79 Å². The van der Waals surface area contributed by atoms with Gasteiger partial charge >= 0.3 is 6.18 Å². The molecule has 1 amide bonds. The second-order valence-electron chi connectivity index (χ2n) is 4.58. The molecule has 0 aromatic carbocycles. The molecule has 0 aliphatic rings. The highest BCUT2D eigenvalue weighted by atomic mass is 32.1. The molecule has 0 fully saturated rings. The summed E-state index contributed by atoms with van der Waals surface area (Å²) >= 11 is 2.36. The van der Waals surface area contributed by atoms with E-state index in [1.165, 1.54) is 11.3 Å². The lowest BCUT2D eigenvalue weighted by Gasteiger charge is -2.14. The van der Waals surface area contributed by atoms with Crippen LogP contribution < -0.4 is 5.32 Å². The number of nitrogens with zero attached hydrogens (tertiary/aromatic N) is 2. The Bertz CT molecular complexity index is 610. The first-order valence-corrected chi connectivity index (χ1v) is 8.41. The van der Waals surface area contributed by atoms with Gasteiger partial charge in [0.1, 0.15) is 5.01 Å². The van der Waals surface area contributed by atoms with E-state index in [1.54, 1.807) is 12.4 Å². The molecule has 2 rings (SSSR count). The van der Waals surface area contributed by atoms with Crippen LogP contribution in [0.5, 0.6) is 0 Å². The van der Waals surface area contributed by atoms with Gasteiger partial charge in [0.2, 0.25) is 5.91 Å². The third kappa shape index (κ3) is 4.51. The minimum atomic E-state index is -4.46. The number of aromatic nitrogens is 2. The summed E-state index contributed by atoms with van der Waals surface area (Å²) in [6.07, 6.45) is -3.22. The van der Waals surface area contributed by atoms with Gasteiger partial charge in [-0.25, -0.2) is 9.97 Å². The summed E-state index contributed by atoms with van der Waals surface area (Å²) in [5, 5.41) is 5.84. The lowest BCUT2D eigenvalue weighted by Crippen LogP contribution is -2.28. The Kier molecular flexibility index (Phi) is 5.52. The van der Waals surface area contributed by atoms with Crippen LogP contribution >= 0.6 is 22.7 Å². The fourth-order valence-electron chi connectivity index (χ4n) is 1.79. The summed E-state index contributed by atoms with van der Waals surface area (Å²) in [7, 11) is 0. The molecular formula is C13H14F3N3OS2. The number of halogens is 3. The molecule has 9 heteroatoms. The molecule has 1 atom stereocenters. The van der Waals surface area contributed by atoms with Crippen molar-refractivity contribution in [3.8, 4) is 0 Å². The fraction of sp³-hybridized carbons (Fsp3) is 0.462. The van der Waals surface area contributed by atoms with E-state index in [0.29, 0.717) is 12.8 Å². The fourth-order valence-corrected chi connectivity index (χ4v) is 3.34. The van der Waals surface area contributed by atoms with Crippen molar-refractivity contribution >= 4 is 28.6 Å². The molecule has 22 heavy (non-hydrogen) atoms. The number of carbonyl (C=O) groups excluding carboxylic acids is 1. The van der Waals surface area contributed by atoms with Crippen LogP contribution in [0.3, 0.4) is 0 Å². The zero-order chi connectivity index (χ0) is 16.2. The molecule has 2 heterocycles. The van der Waals surface area contributed by atoms with Crippen molar-refractivity contribution in [2.45, 2.75) is 38.4 Å². The van der Waals surface area contributed by atoms with E-state index in [1.807, 2.05) is 5.38 Å². The number of hydrogen-bond donors (Lipinski definition) is 1. The van der Waals surface area contributed by atoms with Crippen molar-refractivity contribution in [3.05, 3.63) is 32.7 Å². The topological polar surface area (TPSA) is 54.9 Å². The van der Waals surface area contributed by atoms with E-state index < -0.39 is 17.9 Å². The summed E-state index contributed by atoms with van der Waals surface area (Å²) in [5.41, 5.74) is 1.61. The average Bonchev–Trinajstić information content (AvgIpc) is 3.12. The molecule has 4 nitrogen and oxygen atoms in total. The molecule has 1 N–H and O–H groups in total. The van der Waals surface area contributed by atoms with Crippen LogP contribution in [-0.4, -0.2) is 15.9 Å². The maximum absolute atomic E-state index is 12.6. The van der Waals surface area contributed by atoms with Crippen LogP contribution in [0, 0.1) is 0 Å². The highest BCUT2D eigenvalue weighted by molar-refractivity contribution is 7.09. The van der Waals surface area contributed by atoms with Gasteiger partial charge in [0.05, 0.1) is 17.2 Å². The van der Waals surface area contributed by atoms with Crippen LogP contribution in [0.15, 0.2) is 16.3 Å². The summed E-state index contributed by atoms with van der Waals surface area (Å²) < 4.78 is 37.7. The molecule has 0 aliphatic heterocycles. The average molecular weight is 349 g/mol. The van der Waals surface area contributed by atoms with E-state index in [2.05, 4.69) is 15.3 Å². The Balaban J connectivity index is 1.93. The number of aryl methyl sites for hydroxylation is 1. The molecule has 0 radical (unpaired) electrons. The molecule has 2 aromatic heterocycles. The Hall–Kier alpha value is -1.48. The molecular weight excluding hydrogens is 335 g/mol. The first-order chi connectivity index (χ1) is 10.4. The molecule has 0 bridgehead atoms. The monoisotopic (exact) mass is 349 g/mol. The summed E-state index contributed by atoms with van der Waals surface area (Å²) in [5.74, 6) is -0.219. The number of carbonyl (C=O) groups is 1. The van der Waals surface area contributed by atoms with Gasteiger partial charge in [-0.2, -0.15) is 13.2 Å². The van der Waals surface area contributed by atoms with Crippen molar-refractivity contribution in [3.63, 3.8) is 0 Å². The number of nitrogens with one attached hydrogen (secondary N) is 1. The van der Waals surface area contributed by atoms with Crippen LogP contribution in [0.25, 0.3) is 0 Å². The molecule has 0 aliphatic carbocycles. The second kappa shape index (κ2) is 7.19. The highest BCUT2D eigenvalue weighted by Gasteiger charge is 2.34. The normalized spacial score (nSPS) is 13.1. The maximum atomic E-state index is 12.6. The van der Waals surface area contributed by atoms with Crippen molar-refractivity contribution in [2.24, 2.45) is 0 Å². The smallest absolute Gasteiger partial charge is 0.347 e. The van der Waals surface area contributed by atoms with Gasteiger partial charge < -0.3 is 5.32 Å². The van der Waals surface area contributed by atoms with Crippen molar-refractivity contribution in [2.75, 3.05) is 0 Å². The minimum Gasteiger partial charge on any atom is -0.347 e. The summed E-state index contributed by atoms with van der Waals surface area (Å²) in [6, 6.07) is -0.496. The lowest BCUT2D eigenvalue weighted by molar-refractivity contribution is -0.140. The second-order valence-corrected chi connectivity index (χ2v) is 6.19.